The number of carbonyl (C=O) groups excluding carboxylic acids is 1. The van der Waals surface area contributed by atoms with E-state index >= 15 is 4.39 Å². The van der Waals surface area contributed by atoms with Gasteiger partial charge in [-0.05, 0) is 39.0 Å². The summed E-state index contributed by atoms with van der Waals surface area (Å²) in [6, 6.07) is 5.22. The number of nitrogens with zero attached hydrogens (tertiary/aromatic N) is 7. The largest absolute Gasteiger partial charge is 0.378 e. The fourth-order valence-electron chi connectivity index (χ4n) is 5.54. The lowest BCUT2D eigenvalue weighted by molar-refractivity contribution is -0.138. The lowest BCUT2D eigenvalue weighted by Crippen LogP contribution is -2.52. The van der Waals surface area contributed by atoms with Gasteiger partial charge in [0.05, 0.1) is 31.9 Å². The number of fused-ring (bicyclic) bond motifs is 2. The smallest absolute Gasteiger partial charge is 0.237 e. The van der Waals surface area contributed by atoms with Gasteiger partial charge in [-0.15, -0.1) is 0 Å². The van der Waals surface area contributed by atoms with E-state index in [-0.39, 0.29) is 17.8 Å². The van der Waals surface area contributed by atoms with Crippen molar-refractivity contribution in [2.24, 2.45) is 0 Å². The number of amides is 1. The molecular formula is C27H33FN8O2. The van der Waals surface area contributed by atoms with Gasteiger partial charge in [-0.2, -0.15) is 0 Å². The fourth-order valence-corrected chi connectivity index (χ4v) is 5.54. The molecule has 200 valence electrons. The summed E-state index contributed by atoms with van der Waals surface area (Å²) in [5.74, 6) is 1.62. The Morgan fingerprint density at radius 2 is 1.89 bits per heavy atom. The number of nitrogens with one attached hydrogen (secondary N) is 1. The van der Waals surface area contributed by atoms with Crippen molar-refractivity contribution in [1.29, 1.82) is 0 Å². The second kappa shape index (κ2) is 9.95. The van der Waals surface area contributed by atoms with E-state index in [9.17, 15) is 4.79 Å². The average Bonchev–Trinajstić information content (AvgIpc) is 3.52. The molecule has 11 heteroatoms. The van der Waals surface area contributed by atoms with E-state index in [2.05, 4.69) is 26.3 Å². The molecule has 0 saturated carbocycles. The van der Waals surface area contributed by atoms with Crippen molar-refractivity contribution in [1.82, 2.24) is 34.3 Å². The molecule has 0 bridgehead atoms. The van der Waals surface area contributed by atoms with Crippen LogP contribution in [-0.4, -0.2) is 92.2 Å². The minimum absolute atomic E-state index is 0.136. The van der Waals surface area contributed by atoms with Crippen molar-refractivity contribution in [2.45, 2.75) is 39.9 Å². The van der Waals surface area contributed by atoms with Gasteiger partial charge in [0.1, 0.15) is 11.6 Å². The third-order valence-corrected chi connectivity index (χ3v) is 7.51. The van der Waals surface area contributed by atoms with Gasteiger partial charge in [-0.3, -0.25) is 9.69 Å². The average molecular weight is 521 g/mol. The highest BCUT2D eigenvalue weighted by Crippen LogP contribution is 2.33. The zero-order valence-corrected chi connectivity index (χ0v) is 22.1. The van der Waals surface area contributed by atoms with Crippen molar-refractivity contribution in [3.8, 4) is 11.4 Å². The van der Waals surface area contributed by atoms with Gasteiger partial charge in [0, 0.05) is 55.9 Å². The first-order valence-corrected chi connectivity index (χ1v) is 13.3. The van der Waals surface area contributed by atoms with Crippen molar-refractivity contribution in [2.75, 3.05) is 50.8 Å². The first kappa shape index (κ1) is 24.7. The van der Waals surface area contributed by atoms with Gasteiger partial charge < -0.3 is 24.1 Å². The van der Waals surface area contributed by atoms with E-state index in [4.69, 9.17) is 19.7 Å². The Labute approximate surface area is 220 Å². The van der Waals surface area contributed by atoms with E-state index in [1.807, 2.05) is 24.8 Å². The van der Waals surface area contributed by atoms with Gasteiger partial charge in [0.15, 0.2) is 22.8 Å². The maximum atomic E-state index is 15.3. The molecule has 2 saturated heterocycles. The minimum Gasteiger partial charge on any atom is -0.378 e. The van der Waals surface area contributed by atoms with E-state index in [0.717, 1.165) is 23.3 Å². The summed E-state index contributed by atoms with van der Waals surface area (Å²) in [6.07, 6.45) is 1.80. The number of aromatic amines is 1. The third kappa shape index (κ3) is 4.29. The lowest BCUT2D eigenvalue weighted by Gasteiger charge is -2.36. The van der Waals surface area contributed by atoms with Gasteiger partial charge in [-0.25, -0.2) is 19.3 Å². The summed E-state index contributed by atoms with van der Waals surface area (Å²) in [6.45, 7) is 11.7. The number of morpholine rings is 1. The molecule has 2 aliphatic heterocycles. The first-order chi connectivity index (χ1) is 18.4. The Morgan fingerprint density at radius 1 is 1.08 bits per heavy atom. The molecule has 3 aromatic heterocycles. The van der Waals surface area contributed by atoms with Crippen molar-refractivity contribution < 1.29 is 13.9 Å². The minimum atomic E-state index is -0.367. The number of rotatable bonds is 6. The Bertz CT molecular complexity index is 1490. The molecule has 10 nitrogen and oxygen atoms in total. The number of aromatic nitrogens is 5. The predicted octanol–water partition coefficient (Wildman–Crippen LogP) is 3.02. The molecule has 2 fully saturated rings. The molecule has 0 radical (unpaired) electrons. The zero-order valence-electron chi connectivity index (χ0n) is 22.1. The molecule has 0 spiro atoms. The molecule has 0 aliphatic carbocycles. The van der Waals surface area contributed by atoms with E-state index < -0.39 is 0 Å². The molecule has 1 amide bonds. The summed E-state index contributed by atoms with van der Waals surface area (Å²) in [4.78, 5) is 36.9. The summed E-state index contributed by atoms with van der Waals surface area (Å²) in [7, 11) is 0. The first-order valence-electron chi connectivity index (χ1n) is 13.3. The van der Waals surface area contributed by atoms with Gasteiger partial charge in [0.2, 0.25) is 5.91 Å². The number of piperazine rings is 1. The number of hydrogen-bond acceptors (Lipinski definition) is 7. The number of halogens is 1. The Morgan fingerprint density at radius 3 is 2.63 bits per heavy atom. The quantitative estimate of drug-likeness (QED) is 0.418. The highest BCUT2D eigenvalue weighted by molar-refractivity contribution is 5.95. The highest BCUT2D eigenvalue weighted by Gasteiger charge is 2.29. The lowest BCUT2D eigenvalue weighted by atomic mass is 10.1. The summed E-state index contributed by atoms with van der Waals surface area (Å²) < 4.78 is 22.9. The van der Waals surface area contributed by atoms with Crippen LogP contribution in [0.4, 0.5) is 10.2 Å². The Hall–Kier alpha value is -3.57. The molecule has 1 N–H and O–H groups in total. The van der Waals surface area contributed by atoms with Gasteiger partial charge in [-0.1, -0.05) is 0 Å². The predicted molar refractivity (Wildman–Crippen MR) is 143 cm³/mol. The summed E-state index contributed by atoms with van der Waals surface area (Å²) >= 11 is 0. The van der Waals surface area contributed by atoms with Gasteiger partial charge in [0.25, 0.3) is 0 Å². The molecule has 1 aromatic carbocycles. The Kier molecular flexibility index (Phi) is 6.48. The maximum Gasteiger partial charge on any atom is 0.237 e. The van der Waals surface area contributed by atoms with Crippen LogP contribution in [0.2, 0.25) is 0 Å². The van der Waals surface area contributed by atoms with Crippen LogP contribution in [0.3, 0.4) is 0 Å². The molecule has 2 aliphatic rings. The molecule has 0 atom stereocenters. The topological polar surface area (TPSA) is 95.4 Å². The number of anilines is 1. The SMILES string of the molecule is CCn1c(CN2CCN(C(C)C)C(=O)C2)nc2c(N3CCOCC3)nc(-c3c(F)ccc4[nH]ccc34)nc21. The monoisotopic (exact) mass is 520 g/mol. The van der Waals surface area contributed by atoms with Crippen molar-refractivity contribution >= 4 is 33.8 Å². The molecule has 6 rings (SSSR count). The molecule has 38 heavy (non-hydrogen) atoms. The number of ether oxygens (including phenoxy) is 1. The second-order valence-corrected chi connectivity index (χ2v) is 10.2. The van der Waals surface area contributed by atoms with Crippen molar-refractivity contribution in [3.63, 3.8) is 0 Å². The van der Waals surface area contributed by atoms with E-state index in [1.165, 1.54) is 6.07 Å². The van der Waals surface area contributed by atoms with Crippen LogP contribution < -0.4 is 4.90 Å². The van der Waals surface area contributed by atoms with Crippen LogP contribution in [0.15, 0.2) is 24.4 Å². The van der Waals surface area contributed by atoms with E-state index in [0.29, 0.717) is 80.9 Å². The number of carbonyl (C=O) groups is 1. The van der Waals surface area contributed by atoms with Crippen LogP contribution in [0, 0.1) is 5.82 Å². The number of aryl methyl sites for hydroxylation is 1. The second-order valence-electron chi connectivity index (χ2n) is 10.2. The standard InChI is InChI=1S/C27H33FN8O2/c1-4-35-21(15-33-9-10-36(17(2)3)22(37)16-33)30-24-26(34-11-13-38-14-12-34)31-25(32-27(24)35)23-18-7-8-29-20(18)6-5-19(23)28/h5-8,17,29H,4,9-16H2,1-3H3. The molecule has 5 heterocycles. The zero-order chi connectivity index (χ0) is 26.4. The summed E-state index contributed by atoms with van der Waals surface area (Å²) in [5.41, 5.74) is 2.57. The normalized spacial score (nSPS) is 17.4. The van der Waals surface area contributed by atoms with Crippen LogP contribution in [0.25, 0.3) is 33.5 Å². The highest BCUT2D eigenvalue weighted by atomic mass is 19.1. The fraction of sp³-hybridized carbons (Fsp3) is 0.481. The van der Waals surface area contributed by atoms with E-state index in [1.54, 1.807) is 12.3 Å². The van der Waals surface area contributed by atoms with Gasteiger partial charge >= 0.3 is 0 Å². The van der Waals surface area contributed by atoms with Crippen LogP contribution >= 0.6 is 0 Å². The summed E-state index contributed by atoms with van der Waals surface area (Å²) in [5, 5.41) is 0.738. The number of H-pyrrole nitrogens is 1. The Balaban J connectivity index is 1.46. The number of hydrogen-bond donors (Lipinski definition) is 1. The van der Waals surface area contributed by atoms with Crippen LogP contribution in [-0.2, 0) is 22.6 Å². The van der Waals surface area contributed by atoms with Crippen LogP contribution in [0.1, 0.15) is 26.6 Å². The molecular weight excluding hydrogens is 487 g/mol. The third-order valence-electron chi connectivity index (χ3n) is 7.51. The van der Waals surface area contributed by atoms with Crippen LogP contribution in [0.5, 0.6) is 0 Å². The molecule has 0 unspecified atom stereocenters. The molecule has 4 aromatic rings. The van der Waals surface area contributed by atoms with Crippen molar-refractivity contribution in [3.05, 3.63) is 36.0 Å². The maximum absolute atomic E-state index is 15.3. The number of benzene rings is 1. The number of imidazole rings is 1.